The Morgan fingerprint density at radius 3 is 2.56 bits per heavy atom. The molecule has 0 bridgehead atoms. The van der Waals surface area contributed by atoms with E-state index in [0.29, 0.717) is 19.0 Å². The molecule has 0 saturated heterocycles. The molecule has 1 aliphatic heterocycles. The van der Waals surface area contributed by atoms with Crippen molar-refractivity contribution in [2.75, 3.05) is 13.2 Å². The Hall–Kier alpha value is 0.0500. The normalized spacial score (nSPS) is 19.2. The summed E-state index contributed by atoms with van der Waals surface area (Å²) in [5.74, 6) is 0.436. The van der Waals surface area contributed by atoms with Crippen molar-refractivity contribution >= 4 is 29.1 Å². The van der Waals surface area contributed by atoms with Crippen LogP contribution in [0.5, 0.6) is 0 Å². The molecule has 0 aliphatic carbocycles. The first-order valence-corrected chi connectivity index (χ1v) is 3.42. The van der Waals surface area contributed by atoms with Gasteiger partial charge in [0.1, 0.15) is 6.61 Å². The third kappa shape index (κ3) is 1.73. The number of halogens is 2. The van der Waals surface area contributed by atoms with Gasteiger partial charge in [-0.2, -0.15) is 0 Å². The monoisotopic (exact) mass is 167 g/mol. The van der Waals surface area contributed by atoms with Crippen LogP contribution in [0.3, 0.4) is 0 Å². The number of rotatable bonds is 1. The maximum atomic E-state index is 5.65. The molecule has 1 aliphatic rings. The summed E-state index contributed by atoms with van der Waals surface area (Å²) in [6.07, 6.45) is 0. The molecule has 0 fully saturated rings. The van der Waals surface area contributed by atoms with Crippen molar-refractivity contribution < 1.29 is 4.74 Å². The van der Waals surface area contributed by atoms with Crippen LogP contribution in [0.4, 0.5) is 0 Å². The molecule has 9 heavy (non-hydrogen) atoms. The summed E-state index contributed by atoms with van der Waals surface area (Å²) in [5.41, 5.74) is 0. The summed E-state index contributed by atoms with van der Waals surface area (Å²) in [5, 5.41) is 0. The Morgan fingerprint density at radius 1 is 1.67 bits per heavy atom. The topological polar surface area (TPSA) is 21.6 Å². The van der Waals surface area contributed by atoms with Crippen LogP contribution in [0, 0.1) is 0 Å². The smallest absolute Gasteiger partial charge is 0.220 e. The minimum atomic E-state index is -0.948. The predicted octanol–water partition coefficient (Wildman–Crippen LogP) is 1.61. The van der Waals surface area contributed by atoms with Crippen molar-refractivity contribution in [1.82, 2.24) is 0 Å². The second-order valence-corrected chi connectivity index (χ2v) is 3.63. The molecule has 0 spiro atoms. The Labute approximate surface area is 63.8 Å². The lowest BCUT2D eigenvalue weighted by atomic mass is 10.5. The predicted molar refractivity (Wildman–Crippen MR) is 38.4 cm³/mol. The van der Waals surface area contributed by atoms with Gasteiger partial charge in [-0.1, -0.05) is 23.2 Å². The lowest BCUT2D eigenvalue weighted by molar-refractivity contribution is 0.337. The Kier molecular flexibility index (Phi) is 1.87. The highest BCUT2D eigenvalue weighted by Crippen LogP contribution is 2.24. The van der Waals surface area contributed by atoms with Gasteiger partial charge in [0.05, 0.1) is 6.54 Å². The van der Waals surface area contributed by atoms with E-state index < -0.39 is 4.33 Å². The van der Waals surface area contributed by atoms with Crippen LogP contribution in [0.15, 0.2) is 4.99 Å². The number of hydrogen-bond acceptors (Lipinski definition) is 2. The number of ether oxygens (including phenoxy) is 1. The molecule has 0 aromatic heterocycles. The van der Waals surface area contributed by atoms with E-state index >= 15 is 0 Å². The SMILES string of the molecule is CC(Cl)(Cl)C1=NCCO1. The van der Waals surface area contributed by atoms with E-state index in [2.05, 4.69) is 4.99 Å². The highest BCUT2D eigenvalue weighted by atomic mass is 35.5. The Balaban J connectivity index is 2.61. The van der Waals surface area contributed by atoms with E-state index in [0.717, 1.165) is 0 Å². The molecule has 0 aromatic rings. The molecule has 0 amide bonds. The minimum absolute atomic E-state index is 0.436. The summed E-state index contributed by atoms with van der Waals surface area (Å²) in [6, 6.07) is 0. The van der Waals surface area contributed by atoms with Gasteiger partial charge in [-0.15, -0.1) is 0 Å². The molecule has 0 radical (unpaired) electrons. The average molecular weight is 168 g/mol. The lowest BCUT2D eigenvalue weighted by Gasteiger charge is -2.11. The first-order chi connectivity index (χ1) is 4.11. The zero-order chi connectivity index (χ0) is 6.91. The van der Waals surface area contributed by atoms with Gasteiger partial charge < -0.3 is 4.74 Å². The molecule has 0 unspecified atom stereocenters. The third-order valence-electron chi connectivity index (χ3n) is 0.961. The van der Waals surface area contributed by atoms with E-state index in [4.69, 9.17) is 27.9 Å². The van der Waals surface area contributed by atoms with Gasteiger partial charge in [-0.25, -0.2) is 4.99 Å². The minimum Gasteiger partial charge on any atom is -0.477 e. The van der Waals surface area contributed by atoms with E-state index in [9.17, 15) is 0 Å². The van der Waals surface area contributed by atoms with Crippen molar-refractivity contribution in [3.63, 3.8) is 0 Å². The van der Waals surface area contributed by atoms with E-state index in [1.807, 2.05) is 0 Å². The molecule has 0 aromatic carbocycles. The van der Waals surface area contributed by atoms with Gasteiger partial charge in [0.15, 0.2) is 4.33 Å². The van der Waals surface area contributed by atoms with Gasteiger partial charge in [0.25, 0.3) is 0 Å². The fourth-order valence-corrected chi connectivity index (χ4v) is 0.829. The number of alkyl halides is 2. The maximum absolute atomic E-state index is 5.65. The average Bonchev–Trinajstić information content (AvgIpc) is 2.08. The van der Waals surface area contributed by atoms with Crippen LogP contribution in [0.2, 0.25) is 0 Å². The van der Waals surface area contributed by atoms with Crippen molar-refractivity contribution in [3.05, 3.63) is 0 Å². The van der Waals surface area contributed by atoms with Gasteiger partial charge in [0, 0.05) is 0 Å². The molecule has 0 N–H and O–H groups in total. The molecule has 2 nitrogen and oxygen atoms in total. The van der Waals surface area contributed by atoms with Crippen LogP contribution in [0.1, 0.15) is 6.92 Å². The first kappa shape index (κ1) is 7.16. The maximum Gasteiger partial charge on any atom is 0.220 e. The Bertz CT molecular complexity index is 138. The highest BCUT2D eigenvalue weighted by Gasteiger charge is 2.28. The van der Waals surface area contributed by atoms with Gasteiger partial charge in [0.2, 0.25) is 5.90 Å². The van der Waals surface area contributed by atoms with Crippen molar-refractivity contribution in [2.24, 2.45) is 4.99 Å². The van der Waals surface area contributed by atoms with Gasteiger partial charge in [-0.05, 0) is 6.92 Å². The molecule has 1 heterocycles. The van der Waals surface area contributed by atoms with Crippen molar-refractivity contribution in [1.29, 1.82) is 0 Å². The second kappa shape index (κ2) is 2.35. The van der Waals surface area contributed by atoms with E-state index in [-0.39, 0.29) is 0 Å². The highest BCUT2D eigenvalue weighted by molar-refractivity contribution is 6.57. The molecule has 4 heteroatoms. The zero-order valence-corrected chi connectivity index (χ0v) is 6.54. The van der Waals surface area contributed by atoms with Crippen LogP contribution >= 0.6 is 23.2 Å². The van der Waals surface area contributed by atoms with Crippen LogP contribution in [-0.4, -0.2) is 23.4 Å². The Morgan fingerprint density at radius 2 is 2.33 bits per heavy atom. The quantitative estimate of drug-likeness (QED) is 0.545. The number of nitrogens with zero attached hydrogens (tertiary/aromatic N) is 1. The summed E-state index contributed by atoms with van der Waals surface area (Å²) in [4.78, 5) is 3.94. The fourth-order valence-electron chi connectivity index (χ4n) is 0.601. The summed E-state index contributed by atoms with van der Waals surface area (Å²) >= 11 is 11.3. The van der Waals surface area contributed by atoms with Crippen LogP contribution < -0.4 is 0 Å². The molecule has 52 valence electrons. The largest absolute Gasteiger partial charge is 0.477 e. The van der Waals surface area contributed by atoms with Crippen molar-refractivity contribution in [3.8, 4) is 0 Å². The lowest BCUT2D eigenvalue weighted by Crippen LogP contribution is -2.21. The number of aliphatic imine (C=N–C) groups is 1. The molecular formula is C5H7Cl2NO. The zero-order valence-electron chi connectivity index (χ0n) is 5.03. The molecule has 0 saturated carbocycles. The fraction of sp³-hybridized carbons (Fsp3) is 0.800. The first-order valence-electron chi connectivity index (χ1n) is 2.66. The standard InChI is InChI=1S/C5H7Cl2NO/c1-5(6,7)4-8-2-3-9-4/h2-3H2,1H3. The van der Waals surface area contributed by atoms with Crippen LogP contribution in [0.25, 0.3) is 0 Å². The molecule has 1 rings (SSSR count). The van der Waals surface area contributed by atoms with Gasteiger partial charge >= 0.3 is 0 Å². The molecule has 0 atom stereocenters. The third-order valence-corrected chi connectivity index (χ3v) is 1.28. The van der Waals surface area contributed by atoms with E-state index in [1.165, 1.54) is 0 Å². The molecular weight excluding hydrogens is 161 g/mol. The second-order valence-electron chi connectivity index (χ2n) is 1.92. The van der Waals surface area contributed by atoms with E-state index in [1.54, 1.807) is 6.92 Å². The van der Waals surface area contributed by atoms with Crippen LogP contribution in [-0.2, 0) is 4.74 Å². The summed E-state index contributed by atoms with van der Waals surface area (Å²) in [6.45, 7) is 2.91. The van der Waals surface area contributed by atoms with Gasteiger partial charge in [-0.3, -0.25) is 0 Å². The summed E-state index contributed by atoms with van der Waals surface area (Å²) < 4.78 is 4.06. The summed E-state index contributed by atoms with van der Waals surface area (Å²) in [7, 11) is 0. The van der Waals surface area contributed by atoms with Crippen molar-refractivity contribution in [2.45, 2.75) is 11.3 Å². The number of hydrogen-bond donors (Lipinski definition) is 0.